The number of aryl methyl sites for hydroxylation is 1. The molecule has 3 N–H and O–H groups in total. The van der Waals surface area contributed by atoms with Gasteiger partial charge >= 0.3 is 8.56 Å². The van der Waals surface area contributed by atoms with Crippen LogP contribution in [-0.4, -0.2) is 24.1 Å². The van der Waals surface area contributed by atoms with E-state index in [0.717, 1.165) is 11.1 Å². The first-order chi connectivity index (χ1) is 11.0. The molecule has 0 heterocycles. The number of hydrogen-bond donors (Lipinski definition) is 3. The molecule has 2 aromatic rings. The molecule has 0 unspecified atom stereocenters. The van der Waals surface area contributed by atoms with Gasteiger partial charge in [0.05, 0.1) is 0 Å². The quantitative estimate of drug-likeness (QED) is 0.684. The van der Waals surface area contributed by atoms with E-state index in [9.17, 15) is 14.4 Å². The van der Waals surface area contributed by atoms with Gasteiger partial charge < -0.3 is 14.9 Å². The predicted octanol–water partition coefficient (Wildman–Crippen LogP) is 2.61. The van der Waals surface area contributed by atoms with Crippen LogP contribution in [0.4, 0.5) is 0 Å². The van der Waals surface area contributed by atoms with Crippen LogP contribution in [0.15, 0.2) is 54.6 Å². The second-order valence-corrected chi connectivity index (χ2v) is 8.88. The van der Waals surface area contributed by atoms with Crippen molar-refractivity contribution in [1.82, 2.24) is 5.32 Å². The Balaban J connectivity index is 1.94. The van der Waals surface area contributed by atoms with E-state index in [2.05, 4.69) is 5.32 Å². The van der Waals surface area contributed by atoms with E-state index in [0.29, 0.717) is 30.6 Å². The van der Waals surface area contributed by atoms with Crippen molar-refractivity contribution in [3.05, 3.63) is 71.3 Å². The molecule has 122 valence electrons. The smallest absolute Gasteiger partial charge is 0.332 e. The third-order valence-corrected chi connectivity index (χ3v) is 6.05. The Morgan fingerprint density at radius 1 is 1.04 bits per heavy atom. The highest BCUT2D eigenvalue weighted by molar-refractivity contribution is 6.64. The average Bonchev–Trinajstić information content (AvgIpc) is 2.59. The number of rotatable bonds is 7. The van der Waals surface area contributed by atoms with Crippen LogP contribution in [0.2, 0.25) is 12.1 Å². The summed E-state index contributed by atoms with van der Waals surface area (Å²) in [6.07, 6.45) is 0.576. The Kier molecular flexibility index (Phi) is 6.09. The zero-order valence-electron chi connectivity index (χ0n) is 13.3. The largest absolute Gasteiger partial charge is 0.411 e. The van der Waals surface area contributed by atoms with Crippen LogP contribution in [0.1, 0.15) is 28.4 Å². The van der Waals surface area contributed by atoms with Gasteiger partial charge in [-0.1, -0.05) is 49.4 Å². The van der Waals surface area contributed by atoms with Crippen molar-refractivity contribution in [2.45, 2.75) is 32.0 Å². The van der Waals surface area contributed by atoms with Gasteiger partial charge in [0, 0.05) is 12.1 Å². The van der Waals surface area contributed by atoms with Crippen molar-refractivity contribution >= 4 is 14.5 Å². The number of hydrogen-bond acceptors (Lipinski definition) is 3. The number of carbonyl (C=O) groups excluding carboxylic acids is 1. The Labute approximate surface area is 138 Å². The number of nitrogens with one attached hydrogen (secondary N) is 1. The lowest BCUT2D eigenvalue weighted by Crippen LogP contribution is -2.33. The fraction of sp³-hybridized carbons (Fsp3) is 0.278. The molecule has 0 aliphatic heterocycles. The van der Waals surface area contributed by atoms with Gasteiger partial charge in [-0.3, -0.25) is 4.79 Å². The van der Waals surface area contributed by atoms with E-state index in [1.54, 1.807) is 13.0 Å². The van der Waals surface area contributed by atoms with Gasteiger partial charge in [0.2, 0.25) is 0 Å². The highest BCUT2D eigenvalue weighted by Gasteiger charge is 2.25. The predicted molar refractivity (Wildman–Crippen MR) is 93.2 cm³/mol. The van der Waals surface area contributed by atoms with Crippen molar-refractivity contribution in [1.29, 1.82) is 0 Å². The summed E-state index contributed by atoms with van der Waals surface area (Å²) in [6.45, 7) is 2.28. The summed E-state index contributed by atoms with van der Waals surface area (Å²) in [4.78, 5) is 31.8. The second kappa shape index (κ2) is 8.06. The molecular formula is C18H23NO3Si. The maximum Gasteiger partial charge on any atom is 0.332 e. The summed E-state index contributed by atoms with van der Waals surface area (Å²) in [7, 11) is -3.06. The fourth-order valence-electron chi connectivity index (χ4n) is 2.27. The molecule has 0 aliphatic carbocycles. The molecule has 23 heavy (non-hydrogen) atoms. The van der Waals surface area contributed by atoms with Crippen LogP contribution in [0.25, 0.3) is 0 Å². The third kappa shape index (κ3) is 5.63. The molecule has 0 spiro atoms. The molecule has 0 saturated heterocycles. The lowest BCUT2D eigenvalue weighted by molar-refractivity contribution is 0.0951. The standard InChI is InChI=1S/C18H23NO3Si/c1-2-23(21,22)12-11-15-9-6-10-17(13-15)18(20)19-14-16-7-4-3-5-8-16/h3-10,13,21-22H,2,11-12,14H2,1H3,(H,19,20). The normalized spacial score (nSPS) is 11.3. The zero-order chi connectivity index (χ0) is 16.7. The van der Waals surface area contributed by atoms with Gasteiger partial charge in [-0.25, -0.2) is 0 Å². The molecule has 0 saturated carbocycles. The SMILES string of the molecule is CC[Si](O)(O)CCc1cccc(C(=O)NCc2ccccc2)c1. The van der Waals surface area contributed by atoms with E-state index >= 15 is 0 Å². The van der Waals surface area contributed by atoms with Crippen LogP contribution >= 0.6 is 0 Å². The van der Waals surface area contributed by atoms with E-state index in [4.69, 9.17) is 0 Å². The lowest BCUT2D eigenvalue weighted by Gasteiger charge is -2.15. The summed E-state index contributed by atoms with van der Waals surface area (Å²) in [6, 6.07) is 17.9. The molecule has 4 nitrogen and oxygen atoms in total. The van der Waals surface area contributed by atoms with Crippen LogP contribution in [0.5, 0.6) is 0 Å². The summed E-state index contributed by atoms with van der Waals surface area (Å²) in [5, 5.41) is 2.90. The topological polar surface area (TPSA) is 69.6 Å². The van der Waals surface area contributed by atoms with E-state index in [1.807, 2.05) is 48.5 Å². The highest BCUT2D eigenvalue weighted by Crippen LogP contribution is 2.14. The molecule has 0 aromatic heterocycles. The molecule has 5 heteroatoms. The van der Waals surface area contributed by atoms with Crippen LogP contribution in [0.3, 0.4) is 0 Å². The Bertz CT molecular complexity index is 644. The first kappa shape index (κ1) is 17.4. The minimum atomic E-state index is -3.06. The number of benzene rings is 2. The zero-order valence-corrected chi connectivity index (χ0v) is 14.3. The minimum Gasteiger partial charge on any atom is -0.411 e. The summed E-state index contributed by atoms with van der Waals surface area (Å²) in [5.74, 6) is -0.123. The van der Waals surface area contributed by atoms with Gasteiger partial charge in [-0.2, -0.15) is 0 Å². The van der Waals surface area contributed by atoms with Gasteiger partial charge in [0.15, 0.2) is 0 Å². The van der Waals surface area contributed by atoms with Crippen molar-refractivity contribution in [2.24, 2.45) is 0 Å². The number of carbonyl (C=O) groups is 1. The molecule has 0 bridgehead atoms. The van der Waals surface area contributed by atoms with Crippen molar-refractivity contribution in [3.63, 3.8) is 0 Å². The van der Waals surface area contributed by atoms with Crippen molar-refractivity contribution in [2.75, 3.05) is 0 Å². The van der Waals surface area contributed by atoms with Gasteiger partial charge in [0.1, 0.15) is 0 Å². The molecule has 1 amide bonds. The van der Waals surface area contributed by atoms with Gasteiger partial charge in [-0.05, 0) is 41.8 Å². The van der Waals surface area contributed by atoms with Crippen molar-refractivity contribution < 1.29 is 14.4 Å². The Hall–Kier alpha value is -1.95. The van der Waals surface area contributed by atoms with Crippen LogP contribution in [0, 0.1) is 0 Å². The van der Waals surface area contributed by atoms with E-state index in [1.165, 1.54) is 0 Å². The summed E-state index contributed by atoms with van der Waals surface area (Å²) >= 11 is 0. The van der Waals surface area contributed by atoms with Gasteiger partial charge in [0.25, 0.3) is 5.91 Å². The summed E-state index contributed by atoms with van der Waals surface area (Å²) < 4.78 is 0. The fourth-order valence-corrected chi connectivity index (χ4v) is 3.31. The average molecular weight is 329 g/mol. The molecular weight excluding hydrogens is 306 g/mol. The van der Waals surface area contributed by atoms with Crippen LogP contribution < -0.4 is 5.32 Å². The monoisotopic (exact) mass is 329 g/mol. The van der Waals surface area contributed by atoms with Crippen LogP contribution in [-0.2, 0) is 13.0 Å². The Morgan fingerprint density at radius 3 is 2.43 bits per heavy atom. The molecule has 0 atom stereocenters. The maximum absolute atomic E-state index is 12.2. The number of amides is 1. The van der Waals surface area contributed by atoms with E-state index in [-0.39, 0.29) is 5.91 Å². The summed E-state index contributed by atoms with van der Waals surface area (Å²) in [5.41, 5.74) is 2.60. The van der Waals surface area contributed by atoms with Gasteiger partial charge in [-0.15, -0.1) is 0 Å². The molecule has 0 aliphatic rings. The van der Waals surface area contributed by atoms with Crippen molar-refractivity contribution in [3.8, 4) is 0 Å². The van der Waals surface area contributed by atoms with E-state index < -0.39 is 8.56 Å². The first-order valence-corrected chi connectivity index (χ1v) is 10.2. The molecule has 2 aromatic carbocycles. The minimum absolute atomic E-state index is 0.123. The highest BCUT2D eigenvalue weighted by atomic mass is 28.4. The maximum atomic E-state index is 12.2. The first-order valence-electron chi connectivity index (χ1n) is 7.86. The Morgan fingerprint density at radius 2 is 1.74 bits per heavy atom. The molecule has 0 radical (unpaired) electrons. The third-order valence-electron chi connectivity index (χ3n) is 3.87. The lowest BCUT2D eigenvalue weighted by atomic mass is 10.1. The molecule has 0 fully saturated rings. The molecule has 2 rings (SSSR count). The second-order valence-electron chi connectivity index (χ2n) is 5.70.